The fourth-order valence-electron chi connectivity index (χ4n) is 3.32. The molecule has 28 heavy (non-hydrogen) atoms. The second kappa shape index (κ2) is 6.74. The Morgan fingerprint density at radius 2 is 2.04 bits per heavy atom. The molecule has 1 aliphatic heterocycles. The van der Waals surface area contributed by atoms with Crippen LogP contribution >= 0.6 is 0 Å². The number of nitrogens with one attached hydrogen (secondary N) is 1. The lowest BCUT2D eigenvalue weighted by molar-refractivity contribution is 0.174. The van der Waals surface area contributed by atoms with Crippen molar-refractivity contribution in [1.82, 2.24) is 9.88 Å². The summed E-state index contributed by atoms with van der Waals surface area (Å²) in [4.78, 5) is 19.0. The van der Waals surface area contributed by atoms with E-state index in [0.717, 1.165) is 46.9 Å². The van der Waals surface area contributed by atoms with Gasteiger partial charge in [0.15, 0.2) is 23.0 Å². The summed E-state index contributed by atoms with van der Waals surface area (Å²) in [7, 11) is 0. The van der Waals surface area contributed by atoms with E-state index in [1.54, 1.807) is 4.90 Å². The zero-order chi connectivity index (χ0) is 19.1. The zero-order valence-electron chi connectivity index (χ0n) is 15.6. The summed E-state index contributed by atoms with van der Waals surface area (Å²) in [6, 6.07) is 11.1. The summed E-state index contributed by atoms with van der Waals surface area (Å²) in [5.74, 6) is 2.72. The van der Waals surface area contributed by atoms with E-state index in [4.69, 9.17) is 13.9 Å². The topological polar surface area (TPSA) is 76.8 Å². The van der Waals surface area contributed by atoms with E-state index < -0.39 is 0 Å². The van der Waals surface area contributed by atoms with Crippen LogP contribution in [0.4, 0.5) is 10.5 Å². The summed E-state index contributed by atoms with van der Waals surface area (Å²) in [5.41, 5.74) is 3.23. The van der Waals surface area contributed by atoms with Gasteiger partial charge in [-0.25, -0.2) is 9.78 Å². The molecule has 0 saturated heterocycles. The zero-order valence-corrected chi connectivity index (χ0v) is 15.6. The Hall–Kier alpha value is -3.22. The lowest BCUT2D eigenvalue weighted by Gasteiger charge is -2.21. The summed E-state index contributed by atoms with van der Waals surface area (Å²) < 4.78 is 16.5. The Bertz CT molecular complexity index is 1040. The van der Waals surface area contributed by atoms with E-state index in [-0.39, 0.29) is 12.8 Å². The number of fused-ring (bicyclic) bond motifs is 2. The largest absolute Gasteiger partial charge is 0.454 e. The number of aromatic nitrogens is 1. The minimum Gasteiger partial charge on any atom is -0.454 e. The molecule has 0 spiro atoms. The third kappa shape index (κ3) is 3.24. The molecule has 2 aliphatic rings. The van der Waals surface area contributed by atoms with Gasteiger partial charge >= 0.3 is 6.03 Å². The van der Waals surface area contributed by atoms with Crippen molar-refractivity contribution in [3.05, 3.63) is 47.9 Å². The van der Waals surface area contributed by atoms with Crippen molar-refractivity contribution in [3.8, 4) is 11.5 Å². The number of rotatable bonds is 5. The second-order valence-electron chi connectivity index (χ2n) is 7.14. The molecule has 0 unspecified atom stereocenters. The average Bonchev–Trinajstić information content (AvgIpc) is 3.30. The maximum absolute atomic E-state index is 12.8. The Morgan fingerprint density at radius 1 is 1.18 bits per heavy atom. The molecule has 1 fully saturated rings. The summed E-state index contributed by atoms with van der Waals surface area (Å²) in [6.07, 6.45) is 2.28. The minimum absolute atomic E-state index is 0.162. The van der Waals surface area contributed by atoms with E-state index in [0.29, 0.717) is 24.7 Å². The van der Waals surface area contributed by atoms with Crippen molar-refractivity contribution in [2.75, 3.05) is 18.7 Å². The Balaban J connectivity index is 1.29. The number of carbonyl (C=O) groups is 1. The van der Waals surface area contributed by atoms with Gasteiger partial charge in [0.05, 0.1) is 0 Å². The van der Waals surface area contributed by atoms with Crippen LogP contribution in [0.15, 0.2) is 40.8 Å². The molecule has 2 heterocycles. The van der Waals surface area contributed by atoms with Gasteiger partial charge in [-0.15, -0.1) is 0 Å². The minimum atomic E-state index is -0.162. The molecule has 0 atom stereocenters. The Labute approximate surface area is 162 Å². The number of ether oxygens (including phenoxy) is 2. The van der Waals surface area contributed by atoms with Crippen molar-refractivity contribution in [3.63, 3.8) is 0 Å². The second-order valence-corrected chi connectivity index (χ2v) is 7.14. The van der Waals surface area contributed by atoms with Crippen molar-refractivity contribution < 1.29 is 18.7 Å². The van der Waals surface area contributed by atoms with Crippen LogP contribution in [0.25, 0.3) is 11.1 Å². The van der Waals surface area contributed by atoms with E-state index in [9.17, 15) is 4.79 Å². The van der Waals surface area contributed by atoms with Gasteiger partial charge in [0.1, 0.15) is 5.52 Å². The van der Waals surface area contributed by atoms with Gasteiger partial charge in [-0.2, -0.15) is 0 Å². The van der Waals surface area contributed by atoms with E-state index in [1.807, 2.05) is 43.3 Å². The normalized spacial score (nSPS) is 15.0. The van der Waals surface area contributed by atoms with Crippen LogP contribution in [0, 0.1) is 0 Å². The first-order chi connectivity index (χ1) is 13.7. The molecular formula is C21H21N3O4. The first-order valence-electron chi connectivity index (χ1n) is 9.54. The van der Waals surface area contributed by atoms with Gasteiger partial charge in [-0.05, 0) is 55.7 Å². The molecule has 3 aromatic rings. The Morgan fingerprint density at radius 3 is 2.86 bits per heavy atom. The van der Waals surface area contributed by atoms with Gasteiger partial charge in [-0.3, -0.25) is 0 Å². The molecule has 5 rings (SSSR count). The smallest absolute Gasteiger partial charge is 0.322 e. The van der Waals surface area contributed by atoms with Crippen LogP contribution < -0.4 is 14.8 Å². The molecular weight excluding hydrogens is 358 g/mol. The molecule has 1 saturated carbocycles. The third-order valence-corrected chi connectivity index (χ3v) is 5.06. The highest BCUT2D eigenvalue weighted by Crippen LogP contribution is 2.40. The van der Waals surface area contributed by atoms with E-state index in [1.165, 1.54) is 0 Å². The molecule has 1 aliphatic carbocycles. The predicted molar refractivity (Wildman–Crippen MR) is 104 cm³/mol. The monoisotopic (exact) mass is 379 g/mol. The molecule has 0 bridgehead atoms. The summed E-state index contributed by atoms with van der Waals surface area (Å²) in [6.45, 7) is 3.26. The quantitative estimate of drug-likeness (QED) is 0.707. The highest BCUT2D eigenvalue weighted by Gasteiger charge is 2.29. The van der Waals surface area contributed by atoms with Gasteiger partial charge in [0.25, 0.3) is 0 Å². The van der Waals surface area contributed by atoms with Crippen molar-refractivity contribution >= 4 is 22.8 Å². The lowest BCUT2D eigenvalue weighted by atomic mass is 10.2. The maximum Gasteiger partial charge on any atom is 0.322 e. The van der Waals surface area contributed by atoms with E-state index >= 15 is 0 Å². The number of nitrogens with zero attached hydrogens (tertiary/aromatic N) is 2. The van der Waals surface area contributed by atoms with Crippen LogP contribution in [0.3, 0.4) is 0 Å². The maximum atomic E-state index is 12.8. The van der Waals surface area contributed by atoms with Gasteiger partial charge in [0.2, 0.25) is 6.79 Å². The summed E-state index contributed by atoms with van der Waals surface area (Å²) >= 11 is 0. The van der Waals surface area contributed by atoms with Crippen LogP contribution in [-0.2, 0) is 6.54 Å². The van der Waals surface area contributed by atoms with Crippen LogP contribution in [0.2, 0.25) is 0 Å². The lowest BCUT2D eigenvalue weighted by Crippen LogP contribution is -2.34. The Kier molecular flexibility index (Phi) is 4.07. The molecule has 0 radical (unpaired) electrons. The molecule has 7 nitrogen and oxygen atoms in total. The average molecular weight is 379 g/mol. The highest BCUT2D eigenvalue weighted by atomic mass is 16.7. The number of anilines is 1. The van der Waals surface area contributed by atoms with Crippen LogP contribution in [0.5, 0.6) is 11.5 Å². The standard InChI is InChI=1S/C21H21N3O4/c1-2-24(11-13-3-7-18-19(9-13)27-12-26-18)21(25)22-15-6-8-17-16(10-15)23-20(28-17)14-4-5-14/h3,6-10,14H,2,4-5,11-12H2,1H3,(H,22,25). The van der Waals surface area contributed by atoms with Gasteiger partial charge in [-0.1, -0.05) is 6.07 Å². The first kappa shape index (κ1) is 16.9. The molecule has 1 aromatic heterocycles. The fourth-order valence-corrected chi connectivity index (χ4v) is 3.32. The SMILES string of the molecule is CCN(Cc1ccc2c(c1)OCO2)C(=O)Nc1ccc2oc(C3CC3)nc2c1. The molecule has 2 amide bonds. The van der Waals surface area contributed by atoms with Crippen LogP contribution in [-0.4, -0.2) is 29.3 Å². The predicted octanol–water partition coefficient (Wildman–Crippen LogP) is 4.49. The number of urea groups is 1. The molecule has 144 valence electrons. The van der Waals surface area contributed by atoms with Crippen LogP contribution in [0.1, 0.15) is 37.1 Å². The van der Waals surface area contributed by atoms with Gasteiger partial charge < -0.3 is 24.1 Å². The number of benzene rings is 2. The van der Waals surface area contributed by atoms with Crippen molar-refractivity contribution in [2.45, 2.75) is 32.2 Å². The fraction of sp³-hybridized carbons (Fsp3) is 0.333. The number of hydrogen-bond acceptors (Lipinski definition) is 5. The van der Waals surface area contributed by atoms with E-state index in [2.05, 4.69) is 10.3 Å². The van der Waals surface area contributed by atoms with Crippen molar-refractivity contribution in [2.24, 2.45) is 0 Å². The molecule has 1 N–H and O–H groups in total. The van der Waals surface area contributed by atoms with Gasteiger partial charge in [0, 0.05) is 24.7 Å². The number of carbonyl (C=O) groups excluding carboxylic acids is 1. The van der Waals surface area contributed by atoms with Crippen molar-refractivity contribution in [1.29, 1.82) is 0 Å². The number of amides is 2. The number of oxazole rings is 1. The molecule has 7 heteroatoms. The summed E-state index contributed by atoms with van der Waals surface area (Å²) in [5, 5.41) is 2.96. The number of hydrogen-bond donors (Lipinski definition) is 1. The third-order valence-electron chi connectivity index (χ3n) is 5.06. The highest BCUT2D eigenvalue weighted by molar-refractivity contribution is 5.91. The molecule has 2 aromatic carbocycles. The first-order valence-corrected chi connectivity index (χ1v) is 9.54.